The molecule has 1 aromatic heterocycles. The van der Waals surface area contributed by atoms with E-state index in [2.05, 4.69) is 9.84 Å². The number of aryl methyl sites for hydroxylation is 1. The number of nitrogen functional groups attached to an aromatic ring is 1. The average molecular weight is 261 g/mol. The second kappa shape index (κ2) is 5.43. The van der Waals surface area contributed by atoms with E-state index in [1.807, 2.05) is 19.3 Å². The predicted molar refractivity (Wildman–Crippen MR) is 70.6 cm³/mol. The summed E-state index contributed by atoms with van der Waals surface area (Å²) in [6, 6.07) is 5.28. The van der Waals surface area contributed by atoms with Crippen LogP contribution in [0.2, 0.25) is 0 Å². The minimum atomic E-state index is -0.439. The average Bonchev–Trinajstić information content (AvgIpc) is 2.82. The fourth-order valence-corrected chi connectivity index (χ4v) is 1.64. The zero-order valence-electron chi connectivity index (χ0n) is 10.8. The third-order valence-electron chi connectivity index (χ3n) is 2.55. The number of carbonyl (C=O) groups excluding carboxylic acids is 1. The lowest BCUT2D eigenvalue weighted by atomic mass is 10.1. The largest absolute Gasteiger partial charge is 0.482 e. The van der Waals surface area contributed by atoms with Crippen LogP contribution in [0.3, 0.4) is 0 Å². The van der Waals surface area contributed by atoms with Crippen molar-refractivity contribution in [2.24, 2.45) is 7.05 Å². The third-order valence-corrected chi connectivity index (χ3v) is 2.55. The lowest BCUT2D eigenvalue weighted by molar-refractivity contribution is -0.142. The molecule has 1 heterocycles. The molecule has 0 aliphatic carbocycles. The van der Waals surface area contributed by atoms with E-state index >= 15 is 0 Å². The van der Waals surface area contributed by atoms with E-state index < -0.39 is 5.97 Å². The van der Waals surface area contributed by atoms with E-state index in [0.717, 1.165) is 11.1 Å². The number of ether oxygens (including phenoxy) is 2. The van der Waals surface area contributed by atoms with Gasteiger partial charge in [-0.05, 0) is 17.7 Å². The van der Waals surface area contributed by atoms with Gasteiger partial charge in [0.05, 0.1) is 13.3 Å². The fourth-order valence-electron chi connectivity index (χ4n) is 1.64. The Morgan fingerprint density at radius 2 is 2.16 bits per heavy atom. The zero-order chi connectivity index (χ0) is 13.8. The summed E-state index contributed by atoms with van der Waals surface area (Å²) >= 11 is 0. The van der Waals surface area contributed by atoms with Gasteiger partial charge >= 0.3 is 5.97 Å². The van der Waals surface area contributed by atoms with Gasteiger partial charge in [0.25, 0.3) is 0 Å². The number of nitrogens with two attached hydrogens (primary N) is 1. The molecule has 0 fully saturated rings. The van der Waals surface area contributed by atoms with E-state index in [1.165, 1.54) is 7.11 Å². The summed E-state index contributed by atoms with van der Waals surface area (Å²) in [6.07, 6.45) is 3.61. The van der Waals surface area contributed by atoms with Crippen molar-refractivity contribution in [1.29, 1.82) is 0 Å². The van der Waals surface area contributed by atoms with Crippen LogP contribution in [-0.4, -0.2) is 29.5 Å². The van der Waals surface area contributed by atoms with Crippen LogP contribution < -0.4 is 10.5 Å². The van der Waals surface area contributed by atoms with Gasteiger partial charge in [-0.25, -0.2) is 4.79 Å². The molecule has 0 spiro atoms. The molecule has 6 heteroatoms. The van der Waals surface area contributed by atoms with Gasteiger partial charge in [0.1, 0.15) is 5.75 Å². The van der Waals surface area contributed by atoms with Crippen LogP contribution in [0.5, 0.6) is 5.75 Å². The van der Waals surface area contributed by atoms with Crippen molar-refractivity contribution in [3.8, 4) is 16.9 Å². The van der Waals surface area contributed by atoms with Crippen LogP contribution in [0, 0.1) is 0 Å². The second-order valence-corrected chi connectivity index (χ2v) is 4.06. The van der Waals surface area contributed by atoms with Crippen LogP contribution in [-0.2, 0) is 16.6 Å². The van der Waals surface area contributed by atoms with Crippen LogP contribution in [0.15, 0.2) is 30.6 Å². The Labute approximate surface area is 110 Å². The summed E-state index contributed by atoms with van der Waals surface area (Å²) in [5.41, 5.74) is 8.19. The van der Waals surface area contributed by atoms with E-state index in [4.69, 9.17) is 10.5 Å². The van der Waals surface area contributed by atoms with Crippen LogP contribution in [0.4, 0.5) is 5.69 Å². The molecule has 0 saturated heterocycles. The van der Waals surface area contributed by atoms with Crippen LogP contribution >= 0.6 is 0 Å². The molecule has 2 N–H and O–H groups in total. The maximum Gasteiger partial charge on any atom is 0.343 e. The van der Waals surface area contributed by atoms with Crippen molar-refractivity contribution in [3.63, 3.8) is 0 Å². The summed E-state index contributed by atoms with van der Waals surface area (Å²) in [4.78, 5) is 11.0. The number of aromatic nitrogens is 2. The topological polar surface area (TPSA) is 79.4 Å². The van der Waals surface area contributed by atoms with Crippen LogP contribution in [0.1, 0.15) is 0 Å². The number of hydrogen-bond acceptors (Lipinski definition) is 5. The molecule has 2 aromatic rings. The number of methoxy groups -OCH3 is 1. The minimum absolute atomic E-state index is 0.146. The molecule has 0 aliphatic heterocycles. The lowest BCUT2D eigenvalue weighted by Gasteiger charge is -2.08. The smallest absolute Gasteiger partial charge is 0.343 e. The molecule has 1 aromatic carbocycles. The zero-order valence-corrected chi connectivity index (χ0v) is 10.8. The van der Waals surface area contributed by atoms with E-state index in [0.29, 0.717) is 11.4 Å². The van der Waals surface area contributed by atoms with E-state index in [-0.39, 0.29) is 6.61 Å². The summed E-state index contributed by atoms with van der Waals surface area (Å²) in [6.45, 7) is -0.146. The standard InChI is InChI=1S/C13H15N3O3/c1-16-7-10(6-15-16)9-3-11(14)5-12(4-9)19-8-13(17)18-2/h3-7H,8,14H2,1-2H3. The highest BCUT2D eigenvalue weighted by molar-refractivity contribution is 5.72. The normalized spacial score (nSPS) is 10.2. The van der Waals surface area contributed by atoms with Gasteiger partial charge in [-0.2, -0.15) is 5.10 Å². The molecule has 0 unspecified atom stereocenters. The SMILES string of the molecule is COC(=O)COc1cc(N)cc(-c2cnn(C)c2)c1. The molecule has 0 saturated carbocycles. The lowest BCUT2D eigenvalue weighted by Crippen LogP contribution is -2.12. The number of rotatable bonds is 4. The number of benzene rings is 1. The first-order valence-electron chi connectivity index (χ1n) is 5.67. The Morgan fingerprint density at radius 3 is 2.79 bits per heavy atom. The Kier molecular flexibility index (Phi) is 3.70. The predicted octanol–water partition coefficient (Wildman–Crippen LogP) is 1.22. The number of anilines is 1. The highest BCUT2D eigenvalue weighted by Crippen LogP contribution is 2.26. The maximum atomic E-state index is 11.0. The number of esters is 1. The first-order chi connectivity index (χ1) is 9.08. The van der Waals surface area contributed by atoms with Gasteiger partial charge in [0.2, 0.25) is 0 Å². The molecule has 0 atom stereocenters. The molecule has 6 nitrogen and oxygen atoms in total. The van der Waals surface area contributed by atoms with Crippen molar-refractivity contribution in [2.75, 3.05) is 19.5 Å². The molecular formula is C13H15N3O3. The van der Waals surface area contributed by atoms with Crippen molar-refractivity contribution < 1.29 is 14.3 Å². The Hall–Kier alpha value is -2.50. The second-order valence-electron chi connectivity index (χ2n) is 4.06. The van der Waals surface area contributed by atoms with Crippen molar-refractivity contribution >= 4 is 11.7 Å². The summed E-state index contributed by atoms with van der Waals surface area (Å²) in [7, 11) is 3.15. The van der Waals surface area contributed by atoms with Gasteiger partial charge in [-0.15, -0.1) is 0 Å². The van der Waals surface area contributed by atoms with Crippen LogP contribution in [0.25, 0.3) is 11.1 Å². The molecule has 0 radical (unpaired) electrons. The molecule has 0 aliphatic rings. The van der Waals surface area contributed by atoms with Gasteiger partial charge < -0.3 is 15.2 Å². The molecule has 0 bridgehead atoms. The van der Waals surface area contributed by atoms with Crippen molar-refractivity contribution in [3.05, 3.63) is 30.6 Å². The van der Waals surface area contributed by atoms with Gasteiger partial charge in [0, 0.05) is 30.6 Å². The number of nitrogens with zero attached hydrogens (tertiary/aromatic N) is 2. The van der Waals surface area contributed by atoms with Crippen molar-refractivity contribution in [2.45, 2.75) is 0 Å². The van der Waals surface area contributed by atoms with E-state index in [9.17, 15) is 4.79 Å². The number of carbonyl (C=O) groups is 1. The highest BCUT2D eigenvalue weighted by Gasteiger charge is 2.07. The molecular weight excluding hydrogens is 246 g/mol. The third kappa shape index (κ3) is 3.25. The van der Waals surface area contributed by atoms with Crippen molar-refractivity contribution in [1.82, 2.24) is 9.78 Å². The highest BCUT2D eigenvalue weighted by atomic mass is 16.6. The van der Waals surface area contributed by atoms with Gasteiger partial charge in [0.15, 0.2) is 6.61 Å². The maximum absolute atomic E-state index is 11.0. The molecule has 2 rings (SSSR count). The van der Waals surface area contributed by atoms with Gasteiger partial charge in [-0.1, -0.05) is 0 Å². The summed E-state index contributed by atoms with van der Waals surface area (Å²) in [5.74, 6) is 0.0783. The van der Waals surface area contributed by atoms with E-state index in [1.54, 1.807) is 23.0 Å². The molecule has 19 heavy (non-hydrogen) atoms. The van der Waals surface area contributed by atoms with Gasteiger partial charge in [-0.3, -0.25) is 4.68 Å². The quantitative estimate of drug-likeness (QED) is 0.661. The molecule has 0 amide bonds. The summed E-state index contributed by atoms with van der Waals surface area (Å²) in [5, 5.41) is 4.10. The Balaban J connectivity index is 2.22. The minimum Gasteiger partial charge on any atom is -0.482 e. The molecule has 100 valence electrons. The Bertz CT molecular complexity index is 593. The first kappa shape index (κ1) is 12.9. The monoisotopic (exact) mass is 261 g/mol. The first-order valence-corrected chi connectivity index (χ1v) is 5.67. The summed E-state index contributed by atoms with van der Waals surface area (Å²) < 4.78 is 11.5. The fraction of sp³-hybridized carbons (Fsp3) is 0.231. The Morgan fingerprint density at radius 1 is 1.37 bits per heavy atom. The number of hydrogen-bond donors (Lipinski definition) is 1.